The summed E-state index contributed by atoms with van der Waals surface area (Å²) in [6.07, 6.45) is 4.15. The van der Waals surface area contributed by atoms with E-state index in [0.717, 1.165) is 24.3 Å². The van der Waals surface area contributed by atoms with Gasteiger partial charge < -0.3 is 10.6 Å². The molecule has 2 aromatic rings. The molecule has 2 N–H and O–H groups in total. The molecule has 1 aliphatic rings. The minimum Gasteiger partial charge on any atom is -0.350 e. The summed E-state index contributed by atoms with van der Waals surface area (Å²) in [5.74, 6) is -0.0445. The Labute approximate surface area is 162 Å². The summed E-state index contributed by atoms with van der Waals surface area (Å²) in [7, 11) is 0. The second kappa shape index (κ2) is 8.23. The van der Waals surface area contributed by atoms with Crippen LogP contribution >= 0.6 is 12.4 Å². The first-order chi connectivity index (χ1) is 11.8. The van der Waals surface area contributed by atoms with Gasteiger partial charge in [0.25, 0.3) is 5.91 Å². The maximum Gasteiger partial charge on any atom is 0.254 e. The molecule has 1 atom stereocenters. The number of nitrogens with zero attached hydrogens (tertiary/aromatic N) is 2. The van der Waals surface area contributed by atoms with E-state index in [4.69, 9.17) is 5.10 Å². The Bertz CT molecular complexity index is 740. The molecule has 0 saturated carbocycles. The first kappa shape index (κ1) is 20.5. The third-order valence-electron chi connectivity index (χ3n) is 4.64. The third kappa shape index (κ3) is 4.65. The fraction of sp³-hybridized carbons (Fsp3) is 0.500. The number of aryl methyl sites for hydroxylation is 1. The van der Waals surface area contributed by atoms with Crippen LogP contribution in [-0.4, -0.2) is 34.8 Å². The van der Waals surface area contributed by atoms with E-state index in [2.05, 4.69) is 50.5 Å². The van der Waals surface area contributed by atoms with Crippen LogP contribution in [0.15, 0.2) is 30.5 Å². The molecule has 0 radical (unpaired) electrons. The van der Waals surface area contributed by atoms with Gasteiger partial charge in [0.2, 0.25) is 0 Å². The van der Waals surface area contributed by atoms with Crippen LogP contribution in [0.5, 0.6) is 0 Å². The lowest BCUT2D eigenvalue weighted by Crippen LogP contribution is -2.37. The van der Waals surface area contributed by atoms with Crippen molar-refractivity contribution in [1.29, 1.82) is 0 Å². The number of carbonyl (C=O) groups excluding carboxylic acids is 1. The zero-order valence-electron chi connectivity index (χ0n) is 16.0. The second-order valence-corrected chi connectivity index (χ2v) is 7.92. The van der Waals surface area contributed by atoms with Gasteiger partial charge in [-0.1, -0.05) is 38.5 Å². The molecule has 2 heterocycles. The minimum absolute atomic E-state index is 0. The summed E-state index contributed by atoms with van der Waals surface area (Å²) in [4.78, 5) is 12.8. The van der Waals surface area contributed by atoms with Crippen molar-refractivity contribution in [2.45, 2.75) is 52.0 Å². The molecule has 0 aliphatic carbocycles. The van der Waals surface area contributed by atoms with E-state index < -0.39 is 0 Å². The summed E-state index contributed by atoms with van der Waals surface area (Å²) >= 11 is 0. The molecule has 1 unspecified atom stereocenters. The minimum atomic E-state index is -0.200. The van der Waals surface area contributed by atoms with Gasteiger partial charge in [-0.15, -0.1) is 12.4 Å². The Hall–Kier alpha value is -1.85. The van der Waals surface area contributed by atoms with Crippen molar-refractivity contribution < 1.29 is 4.79 Å². The molecule has 1 aromatic heterocycles. The number of halogens is 1. The van der Waals surface area contributed by atoms with Gasteiger partial charge in [0.1, 0.15) is 0 Å². The highest BCUT2D eigenvalue weighted by Crippen LogP contribution is 2.25. The first-order valence-electron chi connectivity index (χ1n) is 9.03. The second-order valence-electron chi connectivity index (χ2n) is 7.92. The maximum atomic E-state index is 12.8. The third-order valence-corrected chi connectivity index (χ3v) is 4.64. The Morgan fingerprint density at radius 1 is 1.31 bits per heavy atom. The number of benzene rings is 1. The van der Waals surface area contributed by atoms with Crippen LogP contribution in [0.3, 0.4) is 0 Å². The largest absolute Gasteiger partial charge is 0.350 e. The van der Waals surface area contributed by atoms with Crippen molar-refractivity contribution >= 4 is 18.3 Å². The normalized spacial score (nSPS) is 17.0. The lowest BCUT2D eigenvalue weighted by atomic mass is 9.89. The first-order valence-corrected chi connectivity index (χ1v) is 9.03. The van der Waals surface area contributed by atoms with Gasteiger partial charge >= 0.3 is 0 Å². The molecular weight excluding hydrogens is 348 g/mol. The molecule has 1 aromatic carbocycles. The smallest absolute Gasteiger partial charge is 0.254 e. The van der Waals surface area contributed by atoms with Crippen molar-refractivity contribution in [1.82, 2.24) is 20.4 Å². The lowest BCUT2D eigenvalue weighted by Gasteiger charge is -2.18. The molecule has 1 amide bonds. The van der Waals surface area contributed by atoms with E-state index in [1.807, 2.05) is 23.0 Å². The molecule has 142 valence electrons. The van der Waals surface area contributed by atoms with Crippen molar-refractivity contribution in [2.24, 2.45) is 0 Å². The predicted molar refractivity (Wildman–Crippen MR) is 108 cm³/mol. The van der Waals surface area contributed by atoms with Gasteiger partial charge in [0.15, 0.2) is 0 Å². The summed E-state index contributed by atoms with van der Waals surface area (Å²) in [5, 5.41) is 11.2. The van der Waals surface area contributed by atoms with Gasteiger partial charge in [-0.3, -0.25) is 4.79 Å². The van der Waals surface area contributed by atoms with Crippen LogP contribution in [0.1, 0.15) is 55.2 Å². The fourth-order valence-electron chi connectivity index (χ4n) is 3.17. The molecule has 5 nitrogen and oxygen atoms in total. The van der Waals surface area contributed by atoms with Crippen LogP contribution < -0.4 is 10.6 Å². The molecule has 3 rings (SSSR count). The Kier molecular flexibility index (Phi) is 6.48. The van der Waals surface area contributed by atoms with E-state index in [-0.39, 0.29) is 23.7 Å². The summed E-state index contributed by atoms with van der Waals surface area (Å²) in [6.45, 7) is 10.0. The molecule has 1 fully saturated rings. The van der Waals surface area contributed by atoms with Crippen molar-refractivity contribution in [3.63, 3.8) is 0 Å². The molecule has 26 heavy (non-hydrogen) atoms. The molecular formula is C20H29ClN4O. The zero-order chi connectivity index (χ0) is 18.0. The van der Waals surface area contributed by atoms with E-state index >= 15 is 0 Å². The van der Waals surface area contributed by atoms with Gasteiger partial charge in [0.05, 0.1) is 16.9 Å². The van der Waals surface area contributed by atoms with Gasteiger partial charge in [-0.25, -0.2) is 4.68 Å². The van der Waals surface area contributed by atoms with Gasteiger partial charge in [-0.2, -0.15) is 5.10 Å². The van der Waals surface area contributed by atoms with E-state index in [9.17, 15) is 4.79 Å². The van der Waals surface area contributed by atoms with Crippen LogP contribution in [-0.2, 0) is 5.41 Å². The number of rotatable bonds is 4. The molecule has 6 heteroatoms. The van der Waals surface area contributed by atoms with Crippen LogP contribution in [0.2, 0.25) is 0 Å². The highest BCUT2D eigenvalue weighted by Gasteiger charge is 2.27. The number of nitrogens with one attached hydrogen (secondary N) is 2. The Balaban J connectivity index is 0.00000243. The number of amides is 1. The number of hydrogen-bond donors (Lipinski definition) is 2. The van der Waals surface area contributed by atoms with E-state index in [1.165, 1.54) is 12.0 Å². The van der Waals surface area contributed by atoms with Crippen molar-refractivity contribution in [2.75, 3.05) is 13.1 Å². The Morgan fingerprint density at radius 3 is 2.58 bits per heavy atom. The molecule has 0 bridgehead atoms. The van der Waals surface area contributed by atoms with Gasteiger partial charge in [0, 0.05) is 24.2 Å². The standard InChI is InChI=1S/C20H28N4O.ClH/c1-14-7-9-16(10-8-14)24-13-17(18(23-24)20(2,3)4)19(25)22-12-15-6-5-11-21-15;/h7-10,13,15,21H,5-6,11-12H2,1-4H3,(H,22,25);1H. The molecule has 1 saturated heterocycles. The SMILES string of the molecule is Cc1ccc(-n2cc(C(=O)NCC3CCCN3)c(C(C)(C)C)n2)cc1.Cl. The average Bonchev–Trinajstić information content (AvgIpc) is 3.22. The highest BCUT2D eigenvalue weighted by molar-refractivity contribution is 5.95. The van der Waals surface area contributed by atoms with Crippen molar-refractivity contribution in [3.05, 3.63) is 47.3 Å². The van der Waals surface area contributed by atoms with Crippen LogP contribution in [0.25, 0.3) is 5.69 Å². The summed E-state index contributed by atoms with van der Waals surface area (Å²) in [6, 6.07) is 8.55. The highest BCUT2D eigenvalue weighted by atomic mass is 35.5. The Morgan fingerprint density at radius 2 is 2.00 bits per heavy atom. The molecule has 0 spiro atoms. The van der Waals surface area contributed by atoms with Crippen LogP contribution in [0.4, 0.5) is 0 Å². The number of hydrogen-bond acceptors (Lipinski definition) is 3. The predicted octanol–water partition coefficient (Wildman–Crippen LogP) is 3.38. The van der Waals surface area contributed by atoms with Crippen LogP contribution in [0, 0.1) is 6.92 Å². The topological polar surface area (TPSA) is 59.0 Å². The lowest BCUT2D eigenvalue weighted by molar-refractivity contribution is 0.0948. The fourth-order valence-corrected chi connectivity index (χ4v) is 3.17. The molecule has 1 aliphatic heterocycles. The van der Waals surface area contributed by atoms with E-state index in [0.29, 0.717) is 18.2 Å². The van der Waals surface area contributed by atoms with E-state index in [1.54, 1.807) is 0 Å². The number of aromatic nitrogens is 2. The maximum absolute atomic E-state index is 12.8. The monoisotopic (exact) mass is 376 g/mol. The number of carbonyl (C=O) groups is 1. The quantitative estimate of drug-likeness (QED) is 0.859. The van der Waals surface area contributed by atoms with Crippen molar-refractivity contribution in [3.8, 4) is 5.69 Å². The zero-order valence-corrected chi connectivity index (χ0v) is 16.8. The average molecular weight is 377 g/mol. The summed E-state index contributed by atoms with van der Waals surface area (Å²) in [5.41, 5.74) is 3.45. The summed E-state index contributed by atoms with van der Waals surface area (Å²) < 4.78 is 1.81. The van der Waals surface area contributed by atoms with Gasteiger partial charge in [-0.05, 0) is 38.4 Å².